The fourth-order valence-corrected chi connectivity index (χ4v) is 1.51. The monoisotopic (exact) mass is 275 g/mol. The van der Waals surface area contributed by atoms with Crippen molar-refractivity contribution in [3.8, 4) is 0 Å². The number of Topliss-reactive ketones (excluding diaryl/α,β-unsaturated/α-hetero) is 1. The molecule has 0 unspecified atom stereocenters. The Kier molecular flexibility index (Phi) is 5.20. The van der Waals surface area contributed by atoms with E-state index in [-0.39, 0.29) is 16.9 Å². The van der Waals surface area contributed by atoms with E-state index in [1.54, 1.807) is 0 Å². The summed E-state index contributed by atoms with van der Waals surface area (Å²) >= 11 is 0. The standard InChI is InChI=1S/C12H9N3O5/c13-8(4-10(18)19)12(20)7-2-1-3-9(14-5-16)11(7)15-6-17/h1-3,8H,4,13H2,(H,18,19)/t8-/m0/s1. The number of carbonyl (C=O) groups is 2. The second-order valence-corrected chi connectivity index (χ2v) is 3.65. The lowest BCUT2D eigenvalue weighted by Gasteiger charge is -2.10. The van der Waals surface area contributed by atoms with Gasteiger partial charge in [-0.25, -0.2) is 9.59 Å². The first-order chi connectivity index (χ1) is 9.51. The van der Waals surface area contributed by atoms with Crippen LogP contribution < -0.4 is 5.73 Å². The third-order valence-corrected chi connectivity index (χ3v) is 2.34. The van der Waals surface area contributed by atoms with Crippen LogP contribution in [0.25, 0.3) is 0 Å². The van der Waals surface area contributed by atoms with Crippen molar-refractivity contribution in [3.63, 3.8) is 0 Å². The molecule has 0 aromatic heterocycles. The minimum atomic E-state index is -1.30. The summed E-state index contributed by atoms with van der Waals surface area (Å²) in [5.74, 6) is -1.97. The Balaban J connectivity index is 3.33. The summed E-state index contributed by atoms with van der Waals surface area (Å²) in [5.41, 5.74) is 5.09. The van der Waals surface area contributed by atoms with Gasteiger partial charge in [0.05, 0.1) is 12.5 Å². The highest BCUT2D eigenvalue weighted by molar-refractivity contribution is 6.07. The average Bonchev–Trinajstić information content (AvgIpc) is 2.39. The predicted molar refractivity (Wildman–Crippen MR) is 66.6 cm³/mol. The molecule has 1 aromatic carbocycles. The molecule has 0 aliphatic heterocycles. The normalized spacial score (nSPS) is 10.8. The zero-order valence-corrected chi connectivity index (χ0v) is 10.1. The Morgan fingerprint density at radius 2 is 1.90 bits per heavy atom. The third kappa shape index (κ3) is 3.54. The molecule has 0 aliphatic rings. The number of benzene rings is 1. The number of aliphatic carboxylic acids is 1. The summed E-state index contributed by atoms with van der Waals surface area (Å²) in [7, 11) is 0. The van der Waals surface area contributed by atoms with E-state index < -0.39 is 24.2 Å². The average molecular weight is 275 g/mol. The Morgan fingerprint density at radius 3 is 2.45 bits per heavy atom. The van der Waals surface area contributed by atoms with Gasteiger partial charge >= 0.3 is 5.97 Å². The minimum Gasteiger partial charge on any atom is -0.481 e. The highest BCUT2D eigenvalue weighted by Gasteiger charge is 2.22. The van der Waals surface area contributed by atoms with Gasteiger partial charge < -0.3 is 10.8 Å². The number of ketones is 1. The van der Waals surface area contributed by atoms with Crippen LogP contribution in [0.5, 0.6) is 0 Å². The maximum absolute atomic E-state index is 12.0. The number of nitrogens with two attached hydrogens (primary N) is 1. The van der Waals surface area contributed by atoms with Crippen LogP contribution in [0.15, 0.2) is 28.2 Å². The van der Waals surface area contributed by atoms with Gasteiger partial charge in [0, 0.05) is 5.56 Å². The molecule has 0 saturated heterocycles. The number of para-hydroxylation sites is 1. The van der Waals surface area contributed by atoms with E-state index in [2.05, 4.69) is 9.98 Å². The van der Waals surface area contributed by atoms with Crippen LogP contribution in [0.2, 0.25) is 0 Å². The molecule has 20 heavy (non-hydrogen) atoms. The van der Waals surface area contributed by atoms with Crippen LogP contribution >= 0.6 is 0 Å². The number of hydrogen-bond acceptors (Lipinski definition) is 7. The van der Waals surface area contributed by atoms with Crippen LogP contribution in [0.3, 0.4) is 0 Å². The highest BCUT2D eigenvalue weighted by atomic mass is 16.4. The van der Waals surface area contributed by atoms with Crippen LogP contribution in [-0.4, -0.2) is 35.1 Å². The van der Waals surface area contributed by atoms with Crippen molar-refractivity contribution in [2.24, 2.45) is 15.7 Å². The molecule has 0 amide bonds. The van der Waals surface area contributed by atoms with Crippen molar-refractivity contribution in [1.82, 2.24) is 0 Å². The molecule has 0 spiro atoms. The summed E-state index contributed by atoms with van der Waals surface area (Å²) in [6.07, 6.45) is 1.91. The van der Waals surface area contributed by atoms with E-state index >= 15 is 0 Å². The van der Waals surface area contributed by atoms with Gasteiger partial charge in [-0.05, 0) is 12.1 Å². The molecule has 0 radical (unpaired) electrons. The summed E-state index contributed by atoms with van der Waals surface area (Å²) in [6.45, 7) is 0. The smallest absolute Gasteiger partial charge is 0.305 e. The van der Waals surface area contributed by atoms with Gasteiger partial charge in [0.2, 0.25) is 12.2 Å². The summed E-state index contributed by atoms with van der Waals surface area (Å²) < 4.78 is 0. The largest absolute Gasteiger partial charge is 0.481 e. The molecule has 0 aliphatic carbocycles. The molecule has 0 saturated carbocycles. The molecule has 8 nitrogen and oxygen atoms in total. The fraction of sp³-hybridized carbons (Fsp3) is 0.167. The molecular formula is C12H9N3O5. The Bertz CT molecular complexity index is 642. The van der Waals surface area contributed by atoms with E-state index in [0.29, 0.717) is 0 Å². The maximum Gasteiger partial charge on any atom is 0.305 e. The van der Waals surface area contributed by atoms with Gasteiger partial charge in [0.1, 0.15) is 11.4 Å². The van der Waals surface area contributed by atoms with Gasteiger partial charge in [0.15, 0.2) is 5.78 Å². The molecule has 3 N–H and O–H groups in total. The lowest BCUT2D eigenvalue weighted by molar-refractivity contribution is -0.137. The number of isocyanates is 2. The molecule has 102 valence electrons. The maximum atomic E-state index is 12.0. The molecule has 0 heterocycles. The van der Waals surface area contributed by atoms with Crippen LogP contribution in [-0.2, 0) is 14.4 Å². The van der Waals surface area contributed by atoms with Crippen molar-refractivity contribution in [2.75, 3.05) is 0 Å². The first-order valence-corrected chi connectivity index (χ1v) is 5.31. The number of hydrogen-bond donors (Lipinski definition) is 2. The van der Waals surface area contributed by atoms with Crippen LogP contribution in [0.4, 0.5) is 11.4 Å². The number of carbonyl (C=O) groups excluding carboxylic acids is 3. The zero-order valence-electron chi connectivity index (χ0n) is 10.1. The molecule has 1 rings (SSSR count). The van der Waals surface area contributed by atoms with Crippen molar-refractivity contribution >= 4 is 35.3 Å². The molecule has 0 bridgehead atoms. The number of carboxylic acids is 1. The number of nitrogens with zero attached hydrogens (tertiary/aromatic N) is 2. The zero-order chi connectivity index (χ0) is 15.1. The number of carboxylic acid groups (broad SMARTS) is 1. The van der Waals surface area contributed by atoms with Crippen LogP contribution in [0.1, 0.15) is 16.8 Å². The van der Waals surface area contributed by atoms with E-state index in [9.17, 15) is 19.2 Å². The summed E-state index contributed by atoms with van der Waals surface area (Å²) in [6, 6.07) is 2.72. The lowest BCUT2D eigenvalue weighted by atomic mass is 10.00. The number of rotatable bonds is 6. The van der Waals surface area contributed by atoms with Gasteiger partial charge in [0.25, 0.3) is 0 Å². The molecule has 1 aromatic rings. The summed E-state index contributed by atoms with van der Waals surface area (Å²) in [5, 5.41) is 8.60. The van der Waals surface area contributed by atoms with Gasteiger partial charge in [-0.1, -0.05) is 6.07 Å². The van der Waals surface area contributed by atoms with Crippen LogP contribution in [0, 0.1) is 0 Å². The van der Waals surface area contributed by atoms with E-state index in [1.165, 1.54) is 30.4 Å². The Morgan fingerprint density at radius 1 is 1.25 bits per heavy atom. The minimum absolute atomic E-state index is 0.0586. The molecule has 1 atom stereocenters. The Hall–Kier alpha value is -2.92. The van der Waals surface area contributed by atoms with Gasteiger partial charge in [-0.2, -0.15) is 9.98 Å². The van der Waals surface area contributed by atoms with E-state index in [1.807, 2.05) is 0 Å². The first kappa shape index (κ1) is 15.1. The summed E-state index contributed by atoms with van der Waals surface area (Å²) in [4.78, 5) is 49.8. The van der Waals surface area contributed by atoms with Gasteiger partial charge in [-0.15, -0.1) is 0 Å². The molecule has 0 fully saturated rings. The second kappa shape index (κ2) is 6.86. The van der Waals surface area contributed by atoms with E-state index in [0.717, 1.165) is 0 Å². The van der Waals surface area contributed by atoms with E-state index in [4.69, 9.17) is 10.8 Å². The highest BCUT2D eigenvalue weighted by Crippen LogP contribution is 2.32. The molecular weight excluding hydrogens is 266 g/mol. The second-order valence-electron chi connectivity index (χ2n) is 3.65. The lowest BCUT2D eigenvalue weighted by Crippen LogP contribution is -2.33. The first-order valence-electron chi connectivity index (χ1n) is 5.31. The SMILES string of the molecule is N[C@@H](CC(=O)O)C(=O)c1cccc(N=C=O)c1N=C=O. The van der Waals surface area contributed by atoms with Crippen molar-refractivity contribution in [3.05, 3.63) is 23.8 Å². The third-order valence-electron chi connectivity index (χ3n) is 2.34. The van der Waals surface area contributed by atoms with Crippen molar-refractivity contribution in [1.29, 1.82) is 0 Å². The quantitative estimate of drug-likeness (QED) is 0.442. The predicted octanol–water partition coefficient (Wildman–Crippen LogP) is 0.606. The number of aliphatic imine (C=N–C) groups is 2. The van der Waals surface area contributed by atoms with Gasteiger partial charge in [-0.3, -0.25) is 9.59 Å². The van der Waals surface area contributed by atoms with Crippen molar-refractivity contribution in [2.45, 2.75) is 12.5 Å². The molecule has 8 heteroatoms. The topological polar surface area (TPSA) is 139 Å². The van der Waals surface area contributed by atoms with Crippen molar-refractivity contribution < 1.29 is 24.3 Å². The Labute approximate surface area is 112 Å². The fourth-order valence-electron chi connectivity index (χ4n) is 1.51.